The second-order valence-corrected chi connectivity index (χ2v) is 6.97. The Morgan fingerprint density at radius 2 is 1.94 bits per heavy atom. The number of amides is 2. The Labute approximate surface area is 177 Å². The number of carbonyl (C=O) groups is 3. The van der Waals surface area contributed by atoms with Crippen LogP contribution in [0.2, 0.25) is 0 Å². The summed E-state index contributed by atoms with van der Waals surface area (Å²) in [4.78, 5) is 37.1. The van der Waals surface area contributed by atoms with E-state index in [9.17, 15) is 14.4 Å². The molecule has 31 heavy (non-hydrogen) atoms. The van der Waals surface area contributed by atoms with E-state index in [-0.39, 0.29) is 6.42 Å². The average Bonchev–Trinajstić information content (AvgIpc) is 3.31. The van der Waals surface area contributed by atoms with Crippen LogP contribution >= 0.6 is 0 Å². The average molecular weight is 421 g/mol. The van der Waals surface area contributed by atoms with Gasteiger partial charge in [0.2, 0.25) is 0 Å². The number of para-hydroxylation sites is 1. The number of nitrogens with zero attached hydrogens (tertiary/aromatic N) is 2. The number of anilines is 1. The molecule has 0 saturated heterocycles. The number of hydrazone groups is 1. The zero-order valence-corrected chi connectivity index (χ0v) is 16.8. The lowest BCUT2D eigenvalue weighted by Gasteiger charge is -2.29. The van der Waals surface area contributed by atoms with Crippen LogP contribution in [-0.4, -0.2) is 47.8 Å². The summed E-state index contributed by atoms with van der Waals surface area (Å²) in [5, 5.41) is 17.2. The Balaban J connectivity index is 1.88. The number of rotatable bonds is 5. The van der Waals surface area contributed by atoms with Gasteiger partial charge in [-0.1, -0.05) is 18.2 Å². The van der Waals surface area contributed by atoms with Gasteiger partial charge in [-0.05, 0) is 24.3 Å². The van der Waals surface area contributed by atoms with Gasteiger partial charge in [0.1, 0.15) is 11.5 Å². The van der Waals surface area contributed by atoms with Gasteiger partial charge < -0.3 is 19.9 Å². The number of ether oxygens (including phenoxy) is 2. The number of aliphatic carboxylic acids is 1. The molecular weight excluding hydrogens is 402 g/mol. The SMILES string of the molecule is COc1ccc(OC)c(C2=NN(C(=O)C=CC(=O)O)C3(C2)C(=O)Nc2ccccc23)c1. The lowest BCUT2D eigenvalue weighted by Crippen LogP contribution is -2.48. The molecule has 0 bridgehead atoms. The van der Waals surface area contributed by atoms with Crippen molar-refractivity contribution in [3.63, 3.8) is 0 Å². The van der Waals surface area contributed by atoms with E-state index in [1.54, 1.807) is 42.5 Å². The maximum Gasteiger partial charge on any atom is 0.328 e. The van der Waals surface area contributed by atoms with Crippen molar-refractivity contribution in [3.8, 4) is 11.5 Å². The van der Waals surface area contributed by atoms with E-state index < -0.39 is 23.3 Å². The topological polar surface area (TPSA) is 118 Å². The van der Waals surface area contributed by atoms with Crippen LogP contribution in [0.1, 0.15) is 17.5 Å². The fourth-order valence-corrected chi connectivity index (χ4v) is 3.88. The highest BCUT2D eigenvalue weighted by Gasteiger charge is 2.57. The van der Waals surface area contributed by atoms with Crippen molar-refractivity contribution < 1.29 is 29.0 Å². The maximum absolute atomic E-state index is 13.2. The summed E-state index contributed by atoms with van der Waals surface area (Å²) in [5.74, 6) is -1.38. The highest BCUT2D eigenvalue weighted by molar-refractivity contribution is 6.16. The number of hydrogen-bond donors (Lipinski definition) is 2. The molecule has 0 radical (unpaired) electrons. The normalized spacial score (nSPS) is 19.4. The number of carbonyl (C=O) groups excluding carboxylic acids is 2. The third kappa shape index (κ3) is 3.20. The van der Waals surface area contributed by atoms with Crippen LogP contribution in [0.25, 0.3) is 0 Å². The molecule has 9 heteroatoms. The molecule has 2 aliphatic heterocycles. The third-order valence-corrected chi connectivity index (χ3v) is 5.30. The molecule has 0 aromatic heterocycles. The van der Waals surface area contributed by atoms with Gasteiger partial charge in [0.15, 0.2) is 5.54 Å². The Hall–Kier alpha value is -4.14. The summed E-state index contributed by atoms with van der Waals surface area (Å²) in [6.07, 6.45) is 1.67. The molecule has 1 unspecified atom stereocenters. The first-order valence-electron chi connectivity index (χ1n) is 9.36. The minimum absolute atomic E-state index is 0.0754. The second kappa shape index (κ2) is 7.60. The summed E-state index contributed by atoms with van der Waals surface area (Å²) >= 11 is 0. The van der Waals surface area contributed by atoms with Gasteiger partial charge in [0.05, 0.1) is 19.9 Å². The zero-order valence-electron chi connectivity index (χ0n) is 16.8. The van der Waals surface area contributed by atoms with Crippen LogP contribution in [0.15, 0.2) is 59.7 Å². The largest absolute Gasteiger partial charge is 0.497 e. The molecule has 0 saturated carbocycles. The first-order valence-corrected chi connectivity index (χ1v) is 9.36. The zero-order chi connectivity index (χ0) is 22.2. The second-order valence-electron chi connectivity index (χ2n) is 6.97. The van der Waals surface area contributed by atoms with E-state index in [0.717, 1.165) is 11.1 Å². The fraction of sp³-hybridized carbons (Fsp3) is 0.182. The van der Waals surface area contributed by atoms with E-state index in [2.05, 4.69) is 10.4 Å². The van der Waals surface area contributed by atoms with E-state index in [1.807, 2.05) is 0 Å². The highest BCUT2D eigenvalue weighted by atomic mass is 16.5. The number of fused-ring (bicyclic) bond motifs is 2. The number of hydrogen-bond acceptors (Lipinski definition) is 6. The molecule has 9 nitrogen and oxygen atoms in total. The van der Waals surface area contributed by atoms with Crippen LogP contribution in [0.3, 0.4) is 0 Å². The number of methoxy groups -OCH3 is 2. The molecule has 2 heterocycles. The molecule has 1 atom stereocenters. The van der Waals surface area contributed by atoms with E-state index in [4.69, 9.17) is 14.6 Å². The summed E-state index contributed by atoms with van der Waals surface area (Å²) in [6.45, 7) is 0. The van der Waals surface area contributed by atoms with Crippen molar-refractivity contribution in [2.75, 3.05) is 19.5 Å². The molecule has 0 fully saturated rings. The van der Waals surface area contributed by atoms with Gasteiger partial charge in [-0.25, -0.2) is 9.80 Å². The first kappa shape index (κ1) is 20.1. The molecule has 4 rings (SSSR count). The molecule has 1 spiro atoms. The number of carboxylic acid groups (broad SMARTS) is 1. The Morgan fingerprint density at radius 1 is 1.16 bits per heavy atom. The van der Waals surface area contributed by atoms with Gasteiger partial charge >= 0.3 is 5.97 Å². The van der Waals surface area contributed by atoms with Crippen LogP contribution in [-0.2, 0) is 19.9 Å². The monoisotopic (exact) mass is 421 g/mol. The molecule has 0 aliphatic carbocycles. The molecule has 2 aromatic carbocycles. The molecule has 2 amide bonds. The van der Waals surface area contributed by atoms with Crippen LogP contribution in [0.4, 0.5) is 5.69 Å². The van der Waals surface area contributed by atoms with Crippen LogP contribution < -0.4 is 14.8 Å². The van der Waals surface area contributed by atoms with Crippen molar-refractivity contribution >= 4 is 29.2 Å². The molecular formula is C22H19N3O6. The standard InChI is InChI=1S/C22H19N3O6/c1-30-13-7-8-18(31-2)14(11-13)17-12-22(25(24-17)19(26)9-10-20(27)28)15-5-3-4-6-16(15)23-21(22)29/h3-11H,12H2,1-2H3,(H,23,29)(H,27,28). The quantitative estimate of drug-likeness (QED) is 0.715. The van der Waals surface area contributed by atoms with Crippen molar-refractivity contribution in [2.45, 2.75) is 12.0 Å². The lowest BCUT2D eigenvalue weighted by molar-refractivity contribution is -0.140. The molecule has 158 valence electrons. The van der Waals surface area contributed by atoms with E-state index in [1.165, 1.54) is 14.2 Å². The smallest absolute Gasteiger partial charge is 0.328 e. The summed E-state index contributed by atoms with van der Waals surface area (Å²) in [7, 11) is 3.03. The van der Waals surface area contributed by atoms with Gasteiger partial charge in [-0.3, -0.25) is 9.59 Å². The van der Waals surface area contributed by atoms with Crippen molar-refractivity contribution in [3.05, 3.63) is 65.7 Å². The number of carboxylic acids is 1. The van der Waals surface area contributed by atoms with Crippen LogP contribution in [0, 0.1) is 0 Å². The van der Waals surface area contributed by atoms with Gasteiger partial charge in [-0.2, -0.15) is 5.10 Å². The number of nitrogens with one attached hydrogen (secondary N) is 1. The van der Waals surface area contributed by atoms with Crippen molar-refractivity contribution in [1.82, 2.24) is 5.01 Å². The van der Waals surface area contributed by atoms with Crippen molar-refractivity contribution in [2.24, 2.45) is 5.10 Å². The Bertz CT molecular complexity index is 1160. The summed E-state index contributed by atoms with van der Waals surface area (Å²) in [6, 6.07) is 12.2. The Kier molecular flexibility index (Phi) is 4.94. The maximum atomic E-state index is 13.2. The minimum atomic E-state index is -1.44. The summed E-state index contributed by atoms with van der Waals surface area (Å²) in [5.41, 5.74) is 0.704. The highest BCUT2D eigenvalue weighted by Crippen LogP contribution is 2.48. The van der Waals surface area contributed by atoms with Gasteiger partial charge in [-0.15, -0.1) is 0 Å². The Morgan fingerprint density at radius 3 is 2.65 bits per heavy atom. The fourth-order valence-electron chi connectivity index (χ4n) is 3.88. The van der Waals surface area contributed by atoms with Crippen molar-refractivity contribution in [1.29, 1.82) is 0 Å². The molecule has 2 aliphatic rings. The minimum Gasteiger partial charge on any atom is -0.497 e. The first-order chi connectivity index (χ1) is 14.9. The van der Waals surface area contributed by atoms with Gasteiger partial charge in [0.25, 0.3) is 11.8 Å². The van der Waals surface area contributed by atoms with E-state index >= 15 is 0 Å². The molecule has 2 N–H and O–H groups in total. The third-order valence-electron chi connectivity index (χ3n) is 5.30. The lowest BCUT2D eigenvalue weighted by atomic mass is 9.84. The predicted molar refractivity (Wildman–Crippen MR) is 111 cm³/mol. The van der Waals surface area contributed by atoms with E-state index in [0.29, 0.717) is 40.1 Å². The van der Waals surface area contributed by atoms with Gasteiger partial charge in [0, 0.05) is 35.4 Å². The summed E-state index contributed by atoms with van der Waals surface area (Å²) < 4.78 is 10.7. The predicted octanol–water partition coefficient (Wildman–Crippen LogP) is 2.13. The number of benzene rings is 2. The van der Waals surface area contributed by atoms with Crippen LogP contribution in [0.5, 0.6) is 11.5 Å². The molecule has 2 aromatic rings.